The maximum absolute atomic E-state index is 12.8. The van der Waals surface area contributed by atoms with E-state index < -0.39 is 0 Å². The first kappa shape index (κ1) is 15.0. The largest absolute Gasteiger partial charge is 0.497 e. The zero-order chi connectivity index (χ0) is 14.5. The van der Waals surface area contributed by atoms with Gasteiger partial charge in [0.1, 0.15) is 11.5 Å². The van der Waals surface area contributed by atoms with Crippen LogP contribution in [0.1, 0.15) is 37.2 Å². The minimum Gasteiger partial charge on any atom is -0.497 e. The van der Waals surface area contributed by atoms with Gasteiger partial charge < -0.3 is 9.64 Å². The first-order valence-corrected chi connectivity index (χ1v) is 7.44. The van der Waals surface area contributed by atoms with Crippen molar-refractivity contribution < 1.29 is 9.53 Å². The summed E-state index contributed by atoms with van der Waals surface area (Å²) in [6.07, 6.45) is 4.29. The molecule has 0 amide bonds. The topological polar surface area (TPSA) is 29.5 Å². The van der Waals surface area contributed by atoms with E-state index in [1.165, 1.54) is 0 Å². The van der Waals surface area contributed by atoms with Gasteiger partial charge in [0.05, 0.1) is 7.11 Å². The van der Waals surface area contributed by atoms with Gasteiger partial charge in [-0.05, 0) is 44.6 Å². The van der Waals surface area contributed by atoms with E-state index in [1.54, 1.807) is 7.11 Å². The molecular formula is C17H25NO2. The summed E-state index contributed by atoms with van der Waals surface area (Å²) < 4.78 is 5.28. The third-order valence-corrected chi connectivity index (χ3v) is 4.12. The van der Waals surface area contributed by atoms with Crippen LogP contribution in [0, 0.1) is 5.92 Å². The van der Waals surface area contributed by atoms with Crippen LogP contribution in [0.15, 0.2) is 24.3 Å². The summed E-state index contributed by atoms with van der Waals surface area (Å²) in [5.74, 6) is 1.45. The van der Waals surface area contributed by atoms with Crippen LogP contribution in [0.3, 0.4) is 0 Å². The molecule has 0 spiro atoms. The first-order chi connectivity index (χ1) is 9.61. The van der Waals surface area contributed by atoms with Crippen LogP contribution in [0.2, 0.25) is 0 Å². The molecule has 0 bridgehead atoms. The Bertz CT molecular complexity index is 456. The average Bonchev–Trinajstić information content (AvgIpc) is 2.61. The number of hydrogen-bond donors (Lipinski definition) is 0. The number of ketones is 1. The molecule has 110 valence electrons. The van der Waals surface area contributed by atoms with Gasteiger partial charge in [0.15, 0.2) is 0 Å². The fourth-order valence-corrected chi connectivity index (χ4v) is 3.12. The Balaban J connectivity index is 2.21. The zero-order valence-electron chi connectivity index (χ0n) is 12.8. The molecule has 2 unspecified atom stereocenters. The number of methoxy groups -OCH3 is 1. The lowest BCUT2D eigenvalue weighted by Crippen LogP contribution is -2.30. The summed E-state index contributed by atoms with van der Waals surface area (Å²) in [5, 5.41) is 0. The Morgan fingerprint density at radius 1 is 1.25 bits per heavy atom. The van der Waals surface area contributed by atoms with Gasteiger partial charge in [-0.3, -0.25) is 4.79 Å². The molecule has 0 saturated heterocycles. The van der Waals surface area contributed by atoms with Crippen LogP contribution in [0.5, 0.6) is 5.75 Å². The lowest BCUT2D eigenvalue weighted by atomic mass is 9.86. The quantitative estimate of drug-likeness (QED) is 0.791. The second kappa shape index (κ2) is 6.89. The van der Waals surface area contributed by atoms with E-state index in [9.17, 15) is 4.79 Å². The van der Waals surface area contributed by atoms with E-state index in [-0.39, 0.29) is 11.8 Å². The van der Waals surface area contributed by atoms with Crippen LogP contribution < -0.4 is 4.74 Å². The van der Waals surface area contributed by atoms with Gasteiger partial charge in [-0.2, -0.15) is 0 Å². The monoisotopic (exact) mass is 275 g/mol. The number of ether oxygens (including phenoxy) is 1. The molecule has 20 heavy (non-hydrogen) atoms. The molecule has 2 atom stereocenters. The average molecular weight is 275 g/mol. The Morgan fingerprint density at radius 3 is 2.70 bits per heavy atom. The maximum Gasteiger partial charge on any atom is 0.144 e. The van der Waals surface area contributed by atoms with Crippen LogP contribution in [-0.4, -0.2) is 38.4 Å². The second-order valence-corrected chi connectivity index (χ2v) is 5.98. The Hall–Kier alpha value is -1.35. The van der Waals surface area contributed by atoms with Gasteiger partial charge in [0.25, 0.3) is 0 Å². The molecule has 1 aliphatic rings. The van der Waals surface area contributed by atoms with E-state index in [2.05, 4.69) is 11.0 Å². The second-order valence-electron chi connectivity index (χ2n) is 5.98. The molecule has 0 heterocycles. The highest BCUT2D eigenvalue weighted by Crippen LogP contribution is 2.33. The number of carbonyl (C=O) groups excluding carboxylic acids is 1. The maximum atomic E-state index is 12.8. The Morgan fingerprint density at radius 2 is 2.00 bits per heavy atom. The van der Waals surface area contributed by atoms with Crippen molar-refractivity contribution in [3.05, 3.63) is 29.8 Å². The van der Waals surface area contributed by atoms with Crippen LogP contribution >= 0.6 is 0 Å². The van der Waals surface area contributed by atoms with Gasteiger partial charge in [0, 0.05) is 18.4 Å². The summed E-state index contributed by atoms with van der Waals surface area (Å²) >= 11 is 0. The van der Waals surface area contributed by atoms with Crippen molar-refractivity contribution in [1.82, 2.24) is 4.90 Å². The van der Waals surface area contributed by atoms with E-state index in [4.69, 9.17) is 4.74 Å². The highest BCUT2D eigenvalue weighted by atomic mass is 16.5. The normalized spacial score (nSPS) is 23.7. The molecule has 1 aliphatic carbocycles. The van der Waals surface area contributed by atoms with Gasteiger partial charge in [0.2, 0.25) is 0 Å². The number of Topliss-reactive ketones (excluding diaryl/α,β-unsaturated/α-hetero) is 1. The third-order valence-electron chi connectivity index (χ3n) is 4.12. The number of nitrogens with zero attached hydrogens (tertiary/aromatic N) is 1. The highest BCUT2D eigenvalue weighted by Gasteiger charge is 2.30. The van der Waals surface area contributed by atoms with Crippen molar-refractivity contribution in [3.8, 4) is 5.75 Å². The molecule has 0 N–H and O–H groups in total. The Kier molecular flexibility index (Phi) is 5.18. The minimum atomic E-state index is 0.0394. The van der Waals surface area contributed by atoms with Crippen molar-refractivity contribution >= 4 is 5.78 Å². The molecule has 3 nitrogen and oxygen atoms in total. The summed E-state index contributed by atoms with van der Waals surface area (Å²) in [5.41, 5.74) is 1.11. The molecule has 1 saturated carbocycles. The number of rotatable bonds is 4. The number of hydrogen-bond acceptors (Lipinski definition) is 3. The van der Waals surface area contributed by atoms with Crippen molar-refractivity contribution in [2.24, 2.45) is 5.92 Å². The van der Waals surface area contributed by atoms with Gasteiger partial charge >= 0.3 is 0 Å². The standard InChI is InChI=1S/C17H25NO2/c1-18(2)12-14-7-4-5-10-16(17(14)19)13-8-6-9-15(11-13)20-3/h6,8-9,11,14,16H,4-5,7,10,12H2,1-3H3. The predicted octanol–water partition coefficient (Wildman–Crippen LogP) is 3.10. The van der Waals surface area contributed by atoms with Crippen molar-refractivity contribution in [1.29, 1.82) is 0 Å². The van der Waals surface area contributed by atoms with E-state index in [0.29, 0.717) is 5.78 Å². The van der Waals surface area contributed by atoms with Crippen molar-refractivity contribution in [2.45, 2.75) is 31.6 Å². The predicted molar refractivity (Wildman–Crippen MR) is 81.3 cm³/mol. The van der Waals surface area contributed by atoms with Crippen molar-refractivity contribution in [2.75, 3.05) is 27.7 Å². The minimum absolute atomic E-state index is 0.0394. The molecule has 0 aromatic heterocycles. The van der Waals surface area contributed by atoms with Crippen molar-refractivity contribution in [3.63, 3.8) is 0 Å². The van der Waals surface area contributed by atoms with Gasteiger partial charge in [-0.25, -0.2) is 0 Å². The van der Waals surface area contributed by atoms with E-state index in [1.807, 2.05) is 32.3 Å². The number of carbonyl (C=O) groups is 1. The summed E-state index contributed by atoms with van der Waals surface area (Å²) in [6.45, 7) is 0.860. The fourth-order valence-electron chi connectivity index (χ4n) is 3.12. The lowest BCUT2D eigenvalue weighted by Gasteiger charge is -2.22. The van der Waals surface area contributed by atoms with E-state index >= 15 is 0 Å². The van der Waals surface area contributed by atoms with Crippen LogP contribution in [0.25, 0.3) is 0 Å². The zero-order valence-corrected chi connectivity index (χ0v) is 12.8. The Labute approximate surface area is 121 Å². The van der Waals surface area contributed by atoms with E-state index in [0.717, 1.165) is 43.5 Å². The summed E-state index contributed by atoms with van der Waals surface area (Å²) in [6, 6.07) is 7.99. The third kappa shape index (κ3) is 3.60. The molecular weight excluding hydrogens is 250 g/mol. The molecule has 2 rings (SSSR count). The molecule has 1 fully saturated rings. The van der Waals surface area contributed by atoms with Crippen LogP contribution in [-0.2, 0) is 4.79 Å². The summed E-state index contributed by atoms with van der Waals surface area (Å²) in [4.78, 5) is 14.9. The smallest absolute Gasteiger partial charge is 0.144 e. The molecule has 0 radical (unpaired) electrons. The highest BCUT2D eigenvalue weighted by molar-refractivity contribution is 5.88. The molecule has 1 aromatic carbocycles. The SMILES string of the molecule is COc1cccc(C2CCCCC(CN(C)C)C2=O)c1. The molecule has 0 aliphatic heterocycles. The van der Waals surface area contributed by atoms with Gasteiger partial charge in [-0.15, -0.1) is 0 Å². The van der Waals surface area contributed by atoms with Gasteiger partial charge in [-0.1, -0.05) is 25.0 Å². The summed E-state index contributed by atoms with van der Waals surface area (Å²) in [7, 11) is 5.75. The lowest BCUT2D eigenvalue weighted by molar-refractivity contribution is -0.124. The first-order valence-electron chi connectivity index (χ1n) is 7.44. The molecule has 3 heteroatoms. The molecule has 1 aromatic rings. The fraction of sp³-hybridized carbons (Fsp3) is 0.588. The van der Waals surface area contributed by atoms with Crippen LogP contribution in [0.4, 0.5) is 0 Å². The number of benzene rings is 1.